The second-order valence-electron chi connectivity index (χ2n) is 4.36. The Hall–Kier alpha value is 0.211. The zero-order valence-electron chi connectivity index (χ0n) is 10.5. The summed E-state index contributed by atoms with van der Waals surface area (Å²) in [5.74, 6) is 0. The van der Waals surface area contributed by atoms with Crippen molar-refractivity contribution in [2.45, 2.75) is 32.6 Å². The summed E-state index contributed by atoms with van der Waals surface area (Å²) in [5.41, 5.74) is 0. The summed E-state index contributed by atoms with van der Waals surface area (Å²) in [6.07, 6.45) is 0. The first kappa shape index (κ1) is 15.2. The number of rotatable bonds is 4. The van der Waals surface area contributed by atoms with E-state index in [4.69, 9.17) is 4.12 Å². The first-order valence-corrected chi connectivity index (χ1v) is 10.2. The average molecular weight is 230 g/mol. The summed E-state index contributed by atoms with van der Waals surface area (Å²) in [6.45, 7) is 9.00. The molecule has 0 aliphatic heterocycles. The van der Waals surface area contributed by atoms with E-state index in [-0.39, 0.29) is 18.9 Å². The Morgan fingerprint density at radius 1 is 1.13 bits per heavy atom. The molecule has 0 saturated carbocycles. The van der Waals surface area contributed by atoms with Crippen molar-refractivity contribution >= 4 is 22.5 Å². The molecule has 0 atom stereocenters. The van der Waals surface area contributed by atoms with Crippen LogP contribution in [0.4, 0.5) is 0 Å². The van der Waals surface area contributed by atoms with Crippen LogP contribution in [-0.2, 0) is 4.12 Å². The maximum Gasteiger partial charge on any atom is 1.00 e. The van der Waals surface area contributed by atoms with Crippen LogP contribution in [0.3, 0.4) is 0 Å². The Morgan fingerprint density at radius 2 is 1.67 bits per heavy atom. The quantitative estimate of drug-likeness (QED) is 0.649. The minimum Gasteiger partial charge on any atom is -0.605 e. The summed E-state index contributed by atoms with van der Waals surface area (Å²) < 4.78 is 6.21. The molecular weight excluding hydrogens is 211 g/mol. The van der Waals surface area contributed by atoms with Crippen LogP contribution in [0.1, 0.15) is 6.92 Å². The topological polar surface area (TPSA) is 9.23 Å². The zero-order valence-corrected chi connectivity index (χ0v) is 12.5. The first-order chi connectivity index (χ1) is 6.53. The summed E-state index contributed by atoms with van der Waals surface area (Å²) in [6, 6.07) is 11.8. The van der Waals surface area contributed by atoms with Gasteiger partial charge in [0, 0.05) is 0 Å². The average Bonchev–Trinajstić information content (AvgIpc) is 2.14. The normalized spacial score (nSPS) is 10.7. The Bertz CT molecular complexity index is 272. The van der Waals surface area contributed by atoms with Crippen LogP contribution < -0.4 is 24.0 Å². The van der Waals surface area contributed by atoms with E-state index in [1.54, 1.807) is 0 Å². The van der Waals surface area contributed by atoms with E-state index in [1.807, 2.05) is 0 Å². The van der Waals surface area contributed by atoms with Crippen LogP contribution in [-0.4, -0.2) is 17.4 Å². The molecule has 1 nitrogen and oxygen atoms in total. The fourth-order valence-electron chi connectivity index (χ4n) is 1.33. The van der Waals surface area contributed by atoms with Crippen molar-refractivity contribution in [3.05, 3.63) is 30.3 Å². The SMILES string of the molecule is CC[Si-](O[Si](C)(C)C)c1ccccc1.[Li+]. The predicted octanol–water partition coefficient (Wildman–Crippen LogP) is -0.239. The van der Waals surface area contributed by atoms with E-state index in [1.165, 1.54) is 5.19 Å². The minimum atomic E-state index is -1.38. The van der Waals surface area contributed by atoms with Crippen molar-refractivity contribution in [1.82, 2.24) is 0 Å². The van der Waals surface area contributed by atoms with E-state index in [2.05, 4.69) is 56.9 Å². The van der Waals surface area contributed by atoms with Crippen molar-refractivity contribution in [3.8, 4) is 0 Å². The Kier molecular flexibility index (Phi) is 6.82. The molecule has 0 amide bonds. The molecule has 0 unspecified atom stereocenters. The van der Waals surface area contributed by atoms with Crippen LogP contribution >= 0.6 is 0 Å². The van der Waals surface area contributed by atoms with Gasteiger partial charge in [-0.05, 0) is 19.6 Å². The van der Waals surface area contributed by atoms with Gasteiger partial charge in [0.05, 0.1) is 0 Å². The maximum atomic E-state index is 6.21. The van der Waals surface area contributed by atoms with E-state index < -0.39 is 17.4 Å². The summed E-state index contributed by atoms with van der Waals surface area (Å²) in [4.78, 5) is 0. The molecule has 1 rings (SSSR count). The molecule has 0 N–H and O–H groups in total. The second-order valence-corrected chi connectivity index (χ2v) is 11.5. The molecule has 0 aliphatic carbocycles. The molecule has 0 radical (unpaired) electrons. The third kappa shape index (κ3) is 5.74. The number of benzene rings is 1. The third-order valence-corrected chi connectivity index (χ3v) is 6.90. The molecule has 0 spiro atoms. The van der Waals surface area contributed by atoms with Gasteiger partial charge in [-0.1, -0.05) is 37.3 Å². The summed E-state index contributed by atoms with van der Waals surface area (Å²) >= 11 is 0. The molecular formula is C11H19LiOSi2. The van der Waals surface area contributed by atoms with Gasteiger partial charge in [-0.15, -0.1) is 6.04 Å². The minimum absolute atomic E-state index is 0. The predicted molar refractivity (Wildman–Crippen MR) is 66.7 cm³/mol. The van der Waals surface area contributed by atoms with Crippen LogP contribution in [0.15, 0.2) is 30.3 Å². The van der Waals surface area contributed by atoms with E-state index in [9.17, 15) is 0 Å². The molecule has 0 aromatic heterocycles. The third-order valence-electron chi connectivity index (χ3n) is 1.85. The van der Waals surface area contributed by atoms with Gasteiger partial charge in [0.2, 0.25) is 0 Å². The molecule has 0 bridgehead atoms. The molecule has 1 aromatic rings. The van der Waals surface area contributed by atoms with Gasteiger partial charge >= 0.3 is 18.9 Å². The van der Waals surface area contributed by atoms with Crippen LogP contribution in [0.25, 0.3) is 0 Å². The summed E-state index contributed by atoms with van der Waals surface area (Å²) in [7, 11) is -2.14. The van der Waals surface area contributed by atoms with Gasteiger partial charge in [0.1, 0.15) is 8.32 Å². The van der Waals surface area contributed by atoms with E-state index >= 15 is 0 Å². The molecule has 78 valence electrons. The van der Waals surface area contributed by atoms with E-state index in [0.29, 0.717) is 0 Å². The Morgan fingerprint density at radius 3 is 2.07 bits per heavy atom. The first-order valence-electron chi connectivity index (χ1n) is 5.13. The Labute approximate surface area is 108 Å². The van der Waals surface area contributed by atoms with Crippen molar-refractivity contribution in [2.24, 2.45) is 0 Å². The molecule has 1 aromatic carbocycles. The monoisotopic (exact) mass is 230 g/mol. The second kappa shape index (κ2) is 6.72. The largest absolute Gasteiger partial charge is 1.00 e. The molecule has 0 aliphatic rings. The van der Waals surface area contributed by atoms with Gasteiger partial charge in [-0.3, -0.25) is 0 Å². The van der Waals surface area contributed by atoms with E-state index in [0.717, 1.165) is 6.04 Å². The van der Waals surface area contributed by atoms with Gasteiger partial charge in [-0.25, -0.2) is 0 Å². The molecule has 4 heteroatoms. The van der Waals surface area contributed by atoms with Crippen molar-refractivity contribution in [3.63, 3.8) is 0 Å². The van der Waals surface area contributed by atoms with Gasteiger partial charge in [0.25, 0.3) is 0 Å². The van der Waals surface area contributed by atoms with Crippen LogP contribution in [0, 0.1) is 0 Å². The summed E-state index contributed by atoms with van der Waals surface area (Å²) in [5, 5.41) is 1.41. The van der Waals surface area contributed by atoms with Crippen LogP contribution in [0.5, 0.6) is 0 Å². The van der Waals surface area contributed by atoms with Crippen molar-refractivity contribution in [1.29, 1.82) is 0 Å². The smallest absolute Gasteiger partial charge is 0.605 e. The standard InChI is InChI=1S/C11H19OSi2.Li/c1-5-13(12-14(2,3)4)11-9-7-6-8-10-11;/h6-10H,5H2,1-4H3;/q-1;+1. The number of hydrogen-bond donors (Lipinski definition) is 0. The maximum absolute atomic E-state index is 6.21. The Balaban J connectivity index is 0.00000196. The van der Waals surface area contributed by atoms with Crippen LogP contribution in [0.2, 0.25) is 25.7 Å². The zero-order chi connectivity index (χ0) is 10.6. The van der Waals surface area contributed by atoms with Crippen molar-refractivity contribution in [2.75, 3.05) is 0 Å². The number of hydrogen-bond acceptors (Lipinski definition) is 1. The molecule has 15 heavy (non-hydrogen) atoms. The molecule has 0 fully saturated rings. The van der Waals surface area contributed by atoms with Crippen molar-refractivity contribution < 1.29 is 23.0 Å². The molecule has 0 heterocycles. The van der Waals surface area contributed by atoms with Gasteiger partial charge in [-0.2, -0.15) is 14.2 Å². The fourth-order valence-corrected chi connectivity index (χ4v) is 6.31. The van der Waals surface area contributed by atoms with Gasteiger partial charge in [0.15, 0.2) is 0 Å². The molecule has 0 saturated heterocycles. The fraction of sp³-hybridized carbons (Fsp3) is 0.455. The van der Waals surface area contributed by atoms with Gasteiger partial charge < -0.3 is 4.12 Å².